The summed E-state index contributed by atoms with van der Waals surface area (Å²) in [6.45, 7) is 3.05. The Balaban J connectivity index is 1.62. The topological polar surface area (TPSA) is 32.3 Å². The van der Waals surface area contributed by atoms with Gasteiger partial charge in [-0.1, -0.05) is 31.0 Å². The Morgan fingerprint density at radius 3 is 2.26 bits per heavy atom. The van der Waals surface area contributed by atoms with Gasteiger partial charge in [-0.25, -0.2) is 0 Å². The van der Waals surface area contributed by atoms with Gasteiger partial charge < -0.3 is 5.32 Å². The maximum absolute atomic E-state index is 12.8. The van der Waals surface area contributed by atoms with Crippen molar-refractivity contribution in [2.75, 3.05) is 18.4 Å². The van der Waals surface area contributed by atoms with Crippen molar-refractivity contribution in [2.24, 2.45) is 0 Å². The molecule has 0 spiro atoms. The molecular weight excluding hydrogens is 353 g/mol. The predicted octanol–water partition coefficient (Wildman–Crippen LogP) is 5.33. The van der Waals surface area contributed by atoms with Crippen LogP contribution in [0, 0.1) is 0 Å². The number of amides is 1. The van der Waals surface area contributed by atoms with Gasteiger partial charge in [0, 0.05) is 17.8 Å². The Kier molecular flexibility index (Phi) is 6.16. The standard InChI is InChI=1S/C21H23F3N2O/c22-21(23,24)18-6-5-7-19(14-18)25-20(27)17-10-8-16(9-11-17)15-26-12-3-1-2-4-13-26/h5-11,14H,1-4,12-13,15H2,(H,25,27). The molecule has 0 aromatic heterocycles. The zero-order valence-corrected chi connectivity index (χ0v) is 15.1. The number of anilines is 1. The van der Waals surface area contributed by atoms with Crippen molar-refractivity contribution in [3.05, 3.63) is 65.2 Å². The van der Waals surface area contributed by atoms with Gasteiger partial charge in [0.2, 0.25) is 0 Å². The molecule has 3 nitrogen and oxygen atoms in total. The normalized spacial score (nSPS) is 16.0. The number of hydrogen-bond acceptors (Lipinski definition) is 2. The van der Waals surface area contributed by atoms with Gasteiger partial charge in [0.05, 0.1) is 5.56 Å². The molecule has 1 aliphatic heterocycles. The molecule has 1 fully saturated rings. The van der Waals surface area contributed by atoms with E-state index in [0.717, 1.165) is 37.3 Å². The molecule has 2 aromatic rings. The van der Waals surface area contributed by atoms with Crippen LogP contribution in [-0.4, -0.2) is 23.9 Å². The lowest BCUT2D eigenvalue weighted by Gasteiger charge is -2.19. The van der Waals surface area contributed by atoms with E-state index in [1.165, 1.54) is 37.8 Å². The maximum Gasteiger partial charge on any atom is 0.416 e. The predicted molar refractivity (Wildman–Crippen MR) is 99.6 cm³/mol. The minimum absolute atomic E-state index is 0.128. The van der Waals surface area contributed by atoms with Crippen LogP contribution in [0.3, 0.4) is 0 Å². The summed E-state index contributed by atoms with van der Waals surface area (Å²) in [6, 6.07) is 11.9. The third-order valence-corrected chi connectivity index (χ3v) is 4.77. The number of rotatable bonds is 4. The van der Waals surface area contributed by atoms with Crippen LogP contribution in [0.5, 0.6) is 0 Å². The Morgan fingerprint density at radius 1 is 0.963 bits per heavy atom. The van der Waals surface area contributed by atoms with Crippen LogP contribution in [0.2, 0.25) is 0 Å². The molecule has 0 saturated carbocycles. The Labute approximate surface area is 157 Å². The number of benzene rings is 2. The van der Waals surface area contributed by atoms with Crippen LogP contribution in [0.25, 0.3) is 0 Å². The average Bonchev–Trinajstić information content (AvgIpc) is 2.90. The smallest absolute Gasteiger partial charge is 0.322 e. The van der Waals surface area contributed by atoms with Gasteiger partial charge in [0.25, 0.3) is 5.91 Å². The molecule has 0 unspecified atom stereocenters. The van der Waals surface area contributed by atoms with Crippen molar-refractivity contribution in [2.45, 2.75) is 38.4 Å². The lowest BCUT2D eigenvalue weighted by Crippen LogP contribution is -2.24. The molecule has 1 heterocycles. The molecule has 0 atom stereocenters. The van der Waals surface area contributed by atoms with E-state index in [4.69, 9.17) is 0 Å². The second-order valence-electron chi connectivity index (χ2n) is 6.92. The highest BCUT2D eigenvalue weighted by atomic mass is 19.4. The molecule has 2 aromatic carbocycles. The minimum atomic E-state index is -4.43. The molecular formula is C21H23F3N2O. The average molecular weight is 376 g/mol. The molecule has 1 saturated heterocycles. The van der Waals surface area contributed by atoms with Gasteiger partial charge in [-0.15, -0.1) is 0 Å². The van der Waals surface area contributed by atoms with E-state index < -0.39 is 17.6 Å². The van der Waals surface area contributed by atoms with Gasteiger partial charge in [0.1, 0.15) is 0 Å². The zero-order chi connectivity index (χ0) is 19.3. The maximum atomic E-state index is 12.8. The van der Waals surface area contributed by atoms with Crippen molar-refractivity contribution in [3.8, 4) is 0 Å². The molecule has 3 rings (SSSR count). The lowest BCUT2D eigenvalue weighted by atomic mass is 10.1. The van der Waals surface area contributed by atoms with Crippen LogP contribution in [0.15, 0.2) is 48.5 Å². The Morgan fingerprint density at radius 2 is 1.63 bits per heavy atom. The fraction of sp³-hybridized carbons (Fsp3) is 0.381. The number of alkyl halides is 3. The molecule has 27 heavy (non-hydrogen) atoms. The summed E-state index contributed by atoms with van der Waals surface area (Å²) in [7, 11) is 0. The molecule has 0 bridgehead atoms. The second kappa shape index (κ2) is 8.57. The Bertz CT molecular complexity index is 764. The van der Waals surface area contributed by atoms with Crippen LogP contribution in [0.1, 0.15) is 47.2 Å². The first kappa shape index (κ1) is 19.4. The van der Waals surface area contributed by atoms with Gasteiger partial charge >= 0.3 is 6.18 Å². The van der Waals surface area contributed by atoms with Crippen molar-refractivity contribution < 1.29 is 18.0 Å². The molecule has 1 aliphatic rings. The third-order valence-electron chi connectivity index (χ3n) is 4.77. The number of carbonyl (C=O) groups excluding carboxylic acids is 1. The SMILES string of the molecule is O=C(Nc1cccc(C(F)(F)F)c1)c1ccc(CN2CCCCCC2)cc1. The summed E-state index contributed by atoms with van der Waals surface area (Å²) in [5, 5.41) is 2.53. The number of hydrogen-bond donors (Lipinski definition) is 1. The van der Waals surface area contributed by atoms with Crippen molar-refractivity contribution >= 4 is 11.6 Å². The van der Waals surface area contributed by atoms with E-state index in [1.54, 1.807) is 12.1 Å². The highest BCUT2D eigenvalue weighted by Crippen LogP contribution is 2.30. The highest BCUT2D eigenvalue weighted by Gasteiger charge is 2.30. The summed E-state index contributed by atoms with van der Waals surface area (Å²) < 4.78 is 38.3. The van der Waals surface area contributed by atoms with Crippen molar-refractivity contribution in [1.29, 1.82) is 0 Å². The first-order valence-corrected chi connectivity index (χ1v) is 9.22. The number of halogens is 3. The molecule has 144 valence electrons. The molecule has 0 radical (unpaired) electrons. The van der Waals surface area contributed by atoms with E-state index in [9.17, 15) is 18.0 Å². The highest BCUT2D eigenvalue weighted by molar-refractivity contribution is 6.04. The Hall–Kier alpha value is -2.34. The zero-order valence-electron chi connectivity index (χ0n) is 15.1. The number of likely N-dealkylation sites (tertiary alicyclic amines) is 1. The molecule has 1 N–H and O–H groups in total. The monoisotopic (exact) mass is 376 g/mol. The van der Waals surface area contributed by atoms with Crippen LogP contribution >= 0.6 is 0 Å². The fourth-order valence-electron chi connectivity index (χ4n) is 3.29. The van der Waals surface area contributed by atoms with Gasteiger partial charge in [-0.2, -0.15) is 13.2 Å². The van der Waals surface area contributed by atoms with Gasteiger partial charge in [-0.3, -0.25) is 9.69 Å². The van der Waals surface area contributed by atoms with Gasteiger partial charge in [0.15, 0.2) is 0 Å². The van der Waals surface area contributed by atoms with Crippen LogP contribution in [0.4, 0.5) is 18.9 Å². The molecule has 0 aliphatic carbocycles. The third kappa shape index (κ3) is 5.57. The van der Waals surface area contributed by atoms with E-state index in [-0.39, 0.29) is 5.69 Å². The first-order chi connectivity index (χ1) is 12.9. The fourth-order valence-corrected chi connectivity index (χ4v) is 3.29. The van der Waals surface area contributed by atoms with Gasteiger partial charge in [-0.05, 0) is 61.8 Å². The summed E-state index contributed by atoms with van der Waals surface area (Å²) in [5.74, 6) is -0.421. The van der Waals surface area contributed by atoms with Crippen LogP contribution < -0.4 is 5.32 Å². The first-order valence-electron chi connectivity index (χ1n) is 9.22. The number of nitrogens with zero attached hydrogens (tertiary/aromatic N) is 1. The van der Waals surface area contributed by atoms with Crippen LogP contribution in [-0.2, 0) is 12.7 Å². The summed E-state index contributed by atoms with van der Waals surface area (Å²) >= 11 is 0. The molecule has 1 amide bonds. The van der Waals surface area contributed by atoms with E-state index >= 15 is 0 Å². The lowest BCUT2D eigenvalue weighted by molar-refractivity contribution is -0.137. The van der Waals surface area contributed by atoms with E-state index in [1.807, 2.05) is 12.1 Å². The number of nitrogens with one attached hydrogen (secondary N) is 1. The largest absolute Gasteiger partial charge is 0.416 e. The second-order valence-corrected chi connectivity index (χ2v) is 6.92. The summed E-state index contributed by atoms with van der Waals surface area (Å²) in [4.78, 5) is 14.7. The van der Waals surface area contributed by atoms with Crippen molar-refractivity contribution in [3.63, 3.8) is 0 Å². The number of carbonyl (C=O) groups is 1. The summed E-state index contributed by atoms with van der Waals surface area (Å²) in [5.41, 5.74) is 0.899. The summed E-state index contributed by atoms with van der Waals surface area (Å²) in [6.07, 6.45) is 0.570. The molecule has 6 heteroatoms. The van der Waals surface area contributed by atoms with E-state index in [2.05, 4.69) is 10.2 Å². The quantitative estimate of drug-likeness (QED) is 0.782. The minimum Gasteiger partial charge on any atom is -0.322 e. The van der Waals surface area contributed by atoms with Crippen molar-refractivity contribution in [1.82, 2.24) is 4.90 Å². The van der Waals surface area contributed by atoms with E-state index in [0.29, 0.717) is 5.56 Å².